The molecule has 0 aliphatic heterocycles. The largest absolute Gasteiger partial charge is 0.312 e. The Morgan fingerprint density at radius 3 is 1.17 bits per heavy atom. The van der Waals surface area contributed by atoms with E-state index in [9.17, 15) is 0 Å². The SMILES string of the molecule is CN(C)C.PS. The molecule has 0 aromatic carbocycles. The standard InChI is InChI=1S/C3H9N.H3PS/c1-4(2)3;1-2/h1-3H3;2H,1H2. The maximum Gasteiger partial charge on any atom is -0.0140 e. The Morgan fingerprint density at radius 2 is 1.17 bits per heavy atom. The molecule has 0 aliphatic carbocycles. The minimum absolute atomic E-state index is 2.00. The van der Waals surface area contributed by atoms with Crippen molar-refractivity contribution < 1.29 is 0 Å². The number of nitrogens with zero attached hydrogens (tertiary/aromatic N) is 1. The molecule has 0 aliphatic rings. The van der Waals surface area contributed by atoms with Crippen LogP contribution in [0.1, 0.15) is 0 Å². The van der Waals surface area contributed by atoms with E-state index < -0.39 is 0 Å². The molecular weight excluding hydrogens is 113 g/mol. The third kappa shape index (κ3) is 121. The summed E-state index contributed by atoms with van der Waals surface area (Å²) in [7, 11) is 8.11. The second-order valence-electron chi connectivity index (χ2n) is 1.34. The van der Waals surface area contributed by atoms with E-state index in [1.807, 2.05) is 26.0 Å². The summed E-state index contributed by atoms with van der Waals surface area (Å²) in [5.41, 5.74) is 0. The first-order valence-corrected chi connectivity index (χ1v) is 3.67. The lowest BCUT2D eigenvalue weighted by Gasteiger charge is -1.90. The van der Waals surface area contributed by atoms with Gasteiger partial charge in [0.25, 0.3) is 0 Å². The quantitative estimate of drug-likeness (QED) is 0.371. The topological polar surface area (TPSA) is 3.24 Å². The number of rotatable bonds is 0. The summed E-state index contributed by atoms with van der Waals surface area (Å²) in [4.78, 5) is 2.00. The van der Waals surface area contributed by atoms with Gasteiger partial charge in [0.1, 0.15) is 0 Å². The minimum atomic E-state index is 2.00. The molecule has 0 fully saturated rings. The molecule has 1 nitrogen and oxygen atoms in total. The third-order valence-electron chi connectivity index (χ3n) is 0. The zero-order valence-corrected chi connectivity index (χ0v) is 6.52. The summed E-state index contributed by atoms with van der Waals surface area (Å²) in [6.45, 7) is 0. The van der Waals surface area contributed by atoms with Gasteiger partial charge in [0.15, 0.2) is 0 Å². The lowest BCUT2D eigenvalue weighted by atomic mass is 11.0. The van der Waals surface area contributed by atoms with E-state index in [2.05, 4.69) is 20.7 Å². The van der Waals surface area contributed by atoms with Crippen molar-refractivity contribution in [3.8, 4) is 0 Å². The predicted molar refractivity (Wildman–Crippen MR) is 38.3 cm³/mol. The normalized spacial score (nSPS) is 7.00. The average Bonchev–Trinajstić information content (AvgIpc) is 1.41. The molecule has 0 N–H and O–H groups in total. The first kappa shape index (κ1) is 9.88. The van der Waals surface area contributed by atoms with Crippen LogP contribution in [0, 0.1) is 0 Å². The number of thiol groups is 1. The molecule has 40 valence electrons. The second-order valence-corrected chi connectivity index (χ2v) is 1.34. The van der Waals surface area contributed by atoms with Gasteiger partial charge in [-0.05, 0) is 21.1 Å². The van der Waals surface area contributed by atoms with Crippen molar-refractivity contribution >= 4 is 20.7 Å². The zero-order chi connectivity index (χ0) is 5.58. The molecule has 0 amide bonds. The molecule has 0 saturated heterocycles. The molecule has 0 radical (unpaired) electrons. The predicted octanol–water partition coefficient (Wildman–Crippen LogP) is 0.884. The first-order chi connectivity index (χ1) is 2.73. The van der Waals surface area contributed by atoms with Gasteiger partial charge in [0, 0.05) is 0 Å². The maximum absolute atomic E-state index is 3.44. The van der Waals surface area contributed by atoms with Crippen molar-refractivity contribution in [2.75, 3.05) is 21.1 Å². The number of hydrogen-bond acceptors (Lipinski definition) is 2. The fraction of sp³-hybridized carbons (Fsp3) is 1.00. The van der Waals surface area contributed by atoms with Crippen LogP contribution in [0.15, 0.2) is 0 Å². The first-order valence-electron chi connectivity index (χ1n) is 1.60. The summed E-state index contributed by atoms with van der Waals surface area (Å²) in [5, 5.41) is 0. The molecule has 0 rings (SSSR count). The third-order valence-corrected chi connectivity index (χ3v) is 0. The Bertz CT molecular complexity index is 15.5. The van der Waals surface area contributed by atoms with Gasteiger partial charge in [-0.3, -0.25) is 0 Å². The highest BCUT2D eigenvalue weighted by molar-refractivity contribution is 8.31. The fourth-order valence-corrected chi connectivity index (χ4v) is 0. The van der Waals surface area contributed by atoms with Gasteiger partial charge in [-0.2, -0.15) is 12.2 Å². The van der Waals surface area contributed by atoms with E-state index in [1.54, 1.807) is 0 Å². The van der Waals surface area contributed by atoms with Gasteiger partial charge in [-0.15, -0.1) is 0 Å². The average molecular weight is 125 g/mol. The lowest BCUT2D eigenvalue weighted by molar-refractivity contribution is 0.505. The van der Waals surface area contributed by atoms with E-state index in [0.717, 1.165) is 0 Å². The van der Waals surface area contributed by atoms with Crippen molar-refractivity contribution in [2.24, 2.45) is 0 Å². The van der Waals surface area contributed by atoms with Crippen molar-refractivity contribution in [2.45, 2.75) is 0 Å². The summed E-state index contributed by atoms with van der Waals surface area (Å²) in [6, 6.07) is 0. The molecule has 0 heterocycles. The summed E-state index contributed by atoms with van der Waals surface area (Å²) >= 11 is 3.44. The monoisotopic (exact) mass is 125 g/mol. The molecule has 1 unspecified atom stereocenters. The van der Waals surface area contributed by atoms with Crippen LogP contribution in [0.4, 0.5) is 0 Å². The van der Waals surface area contributed by atoms with Crippen LogP contribution in [0.25, 0.3) is 0 Å². The Labute approximate surface area is 47.5 Å². The van der Waals surface area contributed by atoms with E-state index in [4.69, 9.17) is 0 Å². The molecule has 6 heavy (non-hydrogen) atoms. The summed E-state index contributed by atoms with van der Waals surface area (Å²) in [5.74, 6) is 0. The van der Waals surface area contributed by atoms with Crippen LogP contribution in [0.5, 0.6) is 0 Å². The van der Waals surface area contributed by atoms with Gasteiger partial charge in [-0.25, -0.2) is 0 Å². The van der Waals surface area contributed by atoms with E-state index >= 15 is 0 Å². The smallest absolute Gasteiger partial charge is 0.0140 e. The van der Waals surface area contributed by atoms with Crippen LogP contribution in [0.2, 0.25) is 0 Å². The second kappa shape index (κ2) is 9.22. The highest BCUT2D eigenvalue weighted by atomic mass is 32.7. The summed E-state index contributed by atoms with van der Waals surface area (Å²) < 4.78 is 0. The maximum atomic E-state index is 3.44. The molecular formula is C3H12NPS. The molecule has 3 heteroatoms. The van der Waals surface area contributed by atoms with Gasteiger partial charge < -0.3 is 4.90 Å². The highest BCUT2D eigenvalue weighted by Crippen LogP contribution is 1.76. The van der Waals surface area contributed by atoms with Crippen LogP contribution < -0.4 is 0 Å². The van der Waals surface area contributed by atoms with Gasteiger partial charge in [0.2, 0.25) is 0 Å². The van der Waals surface area contributed by atoms with Crippen LogP contribution in [-0.2, 0) is 0 Å². The van der Waals surface area contributed by atoms with Crippen LogP contribution in [0.3, 0.4) is 0 Å². The van der Waals surface area contributed by atoms with E-state index in [0.29, 0.717) is 0 Å². The van der Waals surface area contributed by atoms with Gasteiger partial charge in [-0.1, -0.05) is 8.44 Å². The van der Waals surface area contributed by atoms with Crippen molar-refractivity contribution in [1.82, 2.24) is 4.90 Å². The Morgan fingerprint density at radius 1 is 1.17 bits per heavy atom. The number of hydrogen-bond donors (Lipinski definition) is 1. The zero-order valence-electron chi connectivity index (χ0n) is 4.47. The van der Waals surface area contributed by atoms with Crippen molar-refractivity contribution in [3.63, 3.8) is 0 Å². The lowest BCUT2D eigenvalue weighted by Crippen LogP contribution is -1.99. The fourth-order valence-electron chi connectivity index (χ4n) is 0. The molecule has 0 saturated carbocycles. The molecule has 0 aromatic heterocycles. The van der Waals surface area contributed by atoms with Crippen molar-refractivity contribution in [1.29, 1.82) is 0 Å². The Balaban J connectivity index is 0. The highest BCUT2D eigenvalue weighted by Gasteiger charge is 1.58. The summed E-state index contributed by atoms with van der Waals surface area (Å²) in [6.07, 6.45) is 0. The van der Waals surface area contributed by atoms with Crippen LogP contribution >= 0.6 is 20.7 Å². The van der Waals surface area contributed by atoms with E-state index in [-0.39, 0.29) is 0 Å². The molecule has 0 aromatic rings. The molecule has 0 spiro atoms. The minimum Gasteiger partial charge on any atom is -0.312 e. The van der Waals surface area contributed by atoms with E-state index in [1.165, 1.54) is 0 Å². The molecule has 1 atom stereocenters. The van der Waals surface area contributed by atoms with Gasteiger partial charge >= 0.3 is 0 Å². The molecule has 0 bridgehead atoms. The van der Waals surface area contributed by atoms with Gasteiger partial charge in [0.05, 0.1) is 0 Å². The van der Waals surface area contributed by atoms with Crippen LogP contribution in [-0.4, -0.2) is 26.0 Å². The Hall–Kier alpha value is 0.740. The Kier molecular flexibility index (Phi) is 15.2. The van der Waals surface area contributed by atoms with Crippen molar-refractivity contribution in [3.05, 3.63) is 0 Å².